The highest BCUT2D eigenvalue weighted by Crippen LogP contribution is 2.05. The van der Waals surface area contributed by atoms with Crippen LogP contribution in [0.1, 0.15) is 0 Å². The van der Waals surface area contributed by atoms with Crippen molar-refractivity contribution in [3.05, 3.63) is 28.5 Å². The fraction of sp³-hybridized carbons (Fsp3) is 0.167. The molecule has 1 aromatic rings. The zero-order chi connectivity index (χ0) is 7.40. The third-order valence-corrected chi connectivity index (χ3v) is 1.57. The summed E-state index contributed by atoms with van der Waals surface area (Å²) in [4.78, 5) is 0. The van der Waals surface area contributed by atoms with Gasteiger partial charge in [0.25, 0.3) is 0 Å². The topological polar surface area (TPSA) is 17.8 Å². The van der Waals surface area contributed by atoms with Crippen molar-refractivity contribution in [2.24, 2.45) is 0 Å². The van der Waals surface area contributed by atoms with Crippen molar-refractivity contribution in [1.29, 1.82) is 0 Å². The molecule has 10 heavy (non-hydrogen) atoms. The van der Waals surface area contributed by atoms with Crippen LogP contribution in [0.25, 0.3) is 0 Å². The Bertz CT molecular complexity index is 231. The van der Waals surface area contributed by atoms with Gasteiger partial charge in [-0.2, -0.15) is 5.10 Å². The van der Waals surface area contributed by atoms with Crippen LogP contribution in [-0.2, 0) is 6.54 Å². The molecule has 0 aliphatic carbocycles. The second kappa shape index (κ2) is 3.78. The highest BCUT2D eigenvalue weighted by Gasteiger charge is 1.89. The molecule has 2 nitrogen and oxygen atoms in total. The normalized spacial score (nSPS) is 11.0. The van der Waals surface area contributed by atoms with Gasteiger partial charge in [0, 0.05) is 11.7 Å². The molecule has 0 amide bonds. The van der Waals surface area contributed by atoms with E-state index in [-0.39, 0.29) is 0 Å². The zero-order valence-corrected chi connectivity index (χ0v) is 7.51. The van der Waals surface area contributed by atoms with E-state index in [0.717, 1.165) is 11.0 Å². The van der Waals surface area contributed by atoms with Gasteiger partial charge in [0.15, 0.2) is 0 Å². The van der Waals surface area contributed by atoms with Crippen LogP contribution in [0.5, 0.6) is 0 Å². The average Bonchev–Trinajstić information content (AvgIpc) is 2.31. The van der Waals surface area contributed by atoms with Crippen molar-refractivity contribution in [3.8, 4) is 0 Å². The van der Waals surface area contributed by atoms with Crippen molar-refractivity contribution >= 4 is 27.5 Å². The molecule has 54 valence electrons. The first-order valence-corrected chi connectivity index (χ1v) is 3.99. The van der Waals surface area contributed by atoms with Gasteiger partial charge in [-0.05, 0) is 15.9 Å². The van der Waals surface area contributed by atoms with E-state index in [2.05, 4.69) is 21.0 Å². The number of rotatable bonds is 2. The summed E-state index contributed by atoms with van der Waals surface area (Å²) in [7, 11) is 0. The van der Waals surface area contributed by atoms with Crippen LogP contribution >= 0.6 is 27.5 Å². The third-order valence-electron chi connectivity index (χ3n) is 0.983. The fourth-order valence-electron chi connectivity index (χ4n) is 0.586. The van der Waals surface area contributed by atoms with E-state index < -0.39 is 0 Å². The van der Waals surface area contributed by atoms with E-state index in [9.17, 15) is 0 Å². The van der Waals surface area contributed by atoms with Gasteiger partial charge in [-0.25, -0.2) is 0 Å². The van der Waals surface area contributed by atoms with Gasteiger partial charge in [-0.3, -0.25) is 4.68 Å². The molecular weight excluding hydrogens is 215 g/mol. The Kier molecular flexibility index (Phi) is 2.96. The second-order valence-electron chi connectivity index (χ2n) is 1.74. The standard InChI is InChI=1S/C6H6BrClN2/c7-6-4-9-10(5-6)3-1-2-8/h1-2,4-5H,3H2/b2-1+. The lowest BCUT2D eigenvalue weighted by Gasteiger charge is -1.90. The van der Waals surface area contributed by atoms with Crippen LogP contribution in [0.4, 0.5) is 0 Å². The lowest BCUT2D eigenvalue weighted by atomic mass is 10.6. The van der Waals surface area contributed by atoms with E-state index in [1.54, 1.807) is 10.9 Å². The maximum atomic E-state index is 5.32. The molecule has 0 fully saturated rings. The summed E-state index contributed by atoms with van der Waals surface area (Å²) < 4.78 is 2.76. The molecule has 0 saturated heterocycles. The number of nitrogens with zero attached hydrogens (tertiary/aromatic N) is 2. The largest absolute Gasteiger partial charge is 0.268 e. The van der Waals surface area contributed by atoms with Crippen molar-refractivity contribution in [1.82, 2.24) is 9.78 Å². The Hall–Kier alpha value is -0.280. The smallest absolute Gasteiger partial charge is 0.0632 e. The van der Waals surface area contributed by atoms with Gasteiger partial charge in [0.05, 0.1) is 17.2 Å². The highest BCUT2D eigenvalue weighted by molar-refractivity contribution is 9.10. The van der Waals surface area contributed by atoms with Crippen molar-refractivity contribution < 1.29 is 0 Å². The van der Waals surface area contributed by atoms with Crippen LogP contribution in [0.15, 0.2) is 28.5 Å². The number of hydrogen-bond donors (Lipinski definition) is 0. The number of hydrogen-bond acceptors (Lipinski definition) is 1. The lowest BCUT2D eigenvalue weighted by molar-refractivity contribution is 0.702. The van der Waals surface area contributed by atoms with Crippen molar-refractivity contribution in [2.45, 2.75) is 6.54 Å². The van der Waals surface area contributed by atoms with E-state index >= 15 is 0 Å². The quantitative estimate of drug-likeness (QED) is 0.750. The van der Waals surface area contributed by atoms with Gasteiger partial charge in [0.1, 0.15) is 0 Å². The summed E-state index contributed by atoms with van der Waals surface area (Å²) in [6.45, 7) is 0.717. The van der Waals surface area contributed by atoms with Crippen LogP contribution in [0.3, 0.4) is 0 Å². The molecule has 0 radical (unpaired) electrons. The molecule has 0 aliphatic rings. The third kappa shape index (κ3) is 2.15. The van der Waals surface area contributed by atoms with Crippen LogP contribution < -0.4 is 0 Å². The van der Waals surface area contributed by atoms with Crippen LogP contribution in [-0.4, -0.2) is 9.78 Å². The predicted molar refractivity (Wildman–Crippen MR) is 44.9 cm³/mol. The van der Waals surface area contributed by atoms with Crippen LogP contribution in [0, 0.1) is 0 Å². The van der Waals surface area contributed by atoms with E-state index in [0.29, 0.717) is 0 Å². The Morgan fingerprint density at radius 3 is 3.10 bits per heavy atom. The molecule has 1 aromatic heterocycles. The zero-order valence-electron chi connectivity index (χ0n) is 5.17. The minimum absolute atomic E-state index is 0.717. The maximum absolute atomic E-state index is 5.32. The molecule has 0 bridgehead atoms. The van der Waals surface area contributed by atoms with Crippen LogP contribution in [0.2, 0.25) is 0 Å². The Labute approximate surface area is 72.6 Å². The van der Waals surface area contributed by atoms with E-state index in [1.165, 1.54) is 5.54 Å². The molecule has 0 spiro atoms. The molecule has 0 saturated carbocycles. The maximum Gasteiger partial charge on any atom is 0.0632 e. The summed E-state index contributed by atoms with van der Waals surface area (Å²) in [6, 6.07) is 0. The molecule has 0 unspecified atom stereocenters. The summed E-state index contributed by atoms with van der Waals surface area (Å²) in [6.07, 6.45) is 5.44. The highest BCUT2D eigenvalue weighted by atomic mass is 79.9. The molecule has 0 aromatic carbocycles. The summed E-state index contributed by atoms with van der Waals surface area (Å²) in [5, 5.41) is 4.01. The first-order valence-electron chi connectivity index (χ1n) is 2.76. The summed E-state index contributed by atoms with van der Waals surface area (Å²) in [5.74, 6) is 0. The molecule has 4 heteroatoms. The van der Waals surface area contributed by atoms with Gasteiger partial charge in [0.2, 0.25) is 0 Å². The monoisotopic (exact) mass is 220 g/mol. The first kappa shape index (κ1) is 7.82. The molecule has 0 N–H and O–H groups in total. The Morgan fingerprint density at radius 2 is 2.60 bits per heavy atom. The number of aromatic nitrogens is 2. The minimum atomic E-state index is 0.717. The first-order chi connectivity index (χ1) is 4.83. The average molecular weight is 221 g/mol. The summed E-state index contributed by atoms with van der Waals surface area (Å²) in [5.41, 5.74) is 1.48. The number of allylic oxidation sites excluding steroid dienone is 1. The molecule has 0 atom stereocenters. The SMILES string of the molecule is Cl/C=C/Cn1cc(Br)cn1. The fourth-order valence-corrected chi connectivity index (χ4v) is 0.994. The molecule has 0 aliphatic heterocycles. The minimum Gasteiger partial charge on any atom is -0.268 e. The lowest BCUT2D eigenvalue weighted by Crippen LogP contribution is -1.93. The van der Waals surface area contributed by atoms with Gasteiger partial charge >= 0.3 is 0 Å². The predicted octanol–water partition coefficient (Wildman–Crippen LogP) is 2.40. The molecule has 1 rings (SSSR count). The van der Waals surface area contributed by atoms with Crippen molar-refractivity contribution in [3.63, 3.8) is 0 Å². The van der Waals surface area contributed by atoms with Crippen molar-refractivity contribution in [2.75, 3.05) is 0 Å². The Balaban J connectivity index is 2.58. The van der Waals surface area contributed by atoms with E-state index in [4.69, 9.17) is 11.6 Å². The van der Waals surface area contributed by atoms with Gasteiger partial charge in [-0.15, -0.1) is 0 Å². The van der Waals surface area contributed by atoms with Gasteiger partial charge in [-0.1, -0.05) is 17.7 Å². The molecular formula is C6H6BrClN2. The van der Waals surface area contributed by atoms with E-state index in [1.807, 2.05) is 12.3 Å². The van der Waals surface area contributed by atoms with Gasteiger partial charge < -0.3 is 0 Å². The molecule has 1 heterocycles. The summed E-state index contributed by atoms with van der Waals surface area (Å²) >= 11 is 8.61. The Morgan fingerprint density at radius 1 is 1.80 bits per heavy atom. The second-order valence-corrected chi connectivity index (χ2v) is 2.91. The number of halogens is 2.